The molecule has 6 heteroatoms. The predicted molar refractivity (Wildman–Crippen MR) is 104 cm³/mol. The molecule has 1 saturated carbocycles. The molecule has 1 fully saturated rings. The summed E-state index contributed by atoms with van der Waals surface area (Å²) in [6.45, 7) is 1.000. The quantitative estimate of drug-likeness (QED) is 0.742. The van der Waals surface area contributed by atoms with E-state index in [-0.39, 0.29) is 5.25 Å². The highest BCUT2D eigenvalue weighted by atomic mass is 32.2. The van der Waals surface area contributed by atoms with Gasteiger partial charge in [-0.25, -0.2) is 13.4 Å². The first-order valence-corrected chi connectivity index (χ1v) is 11.5. The second-order valence-corrected chi connectivity index (χ2v) is 10.2. The van der Waals surface area contributed by atoms with Crippen LogP contribution >= 0.6 is 11.3 Å². The number of benzene rings is 1. The average molecular weight is 387 g/mol. The smallest absolute Gasteiger partial charge is 0.217 e. The third kappa shape index (κ3) is 3.71. The molecule has 0 unspecified atom stereocenters. The first-order valence-electron chi connectivity index (χ1n) is 9.17. The van der Waals surface area contributed by atoms with Crippen LogP contribution in [0.3, 0.4) is 0 Å². The zero-order valence-corrected chi connectivity index (χ0v) is 16.3. The van der Waals surface area contributed by atoms with Crippen LogP contribution in [0.1, 0.15) is 53.2 Å². The lowest BCUT2D eigenvalue weighted by atomic mass is 10.0. The van der Waals surface area contributed by atoms with Crippen LogP contribution < -0.4 is 0 Å². The van der Waals surface area contributed by atoms with E-state index in [1.165, 1.54) is 11.3 Å². The zero-order chi connectivity index (χ0) is 18.0. The van der Waals surface area contributed by atoms with Crippen LogP contribution in [0.25, 0.3) is 0 Å². The normalized spacial score (nSPS) is 18.8. The number of hydrogen-bond acceptors (Lipinski definition) is 4. The molecule has 2 aliphatic rings. The molecule has 1 aliphatic carbocycles. The van der Waals surface area contributed by atoms with Gasteiger partial charge < -0.3 is 0 Å². The second-order valence-electron chi connectivity index (χ2n) is 6.89. The average Bonchev–Trinajstić information content (AvgIpc) is 3.10. The molecule has 0 saturated heterocycles. The molecule has 0 spiro atoms. The summed E-state index contributed by atoms with van der Waals surface area (Å²) in [6, 6.07) is 9.84. The molecule has 26 heavy (non-hydrogen) atoms. The summed E-state index contributed by atoms with van der Waals surface area (Å²) in [4.78, 5) is 5.67. The van der Waals surface area contributed by atoms with Crippen molar-refractivity contribution in [3.63, 3.8) is 0 Å². The Kier molecular flexibility index (Phi) is 5.12. The number of thiazole rings is 1. The lowest BCUT2D eigenvalue weighted by molar-refractivity contribution is 0.372. The van der Waals surface area contributed by atoms with Crippen LogP contribution in [0.15, 0.2) is 30.3 Å². The minimum absolute atomic E-state index is 0.192. The highest BCUT2D eigenvalue weighted by Gasteiger charge is 2.35. The van der Waals surface area contributed by atoms with E-state index < -0.39 is 10.0 Å². The van der Waals surface area contributed by atoms with Gasteiger partial charge in [-0.3, -0.25) is 0 Å². The Bertz CT molecular complexity index is 933. The van der Waals surface area contributed by atoms with Crippen LogP contribution in [-0.2, 0) is 23.0 Å². The molecule has 0 atom stereocenters. The van der Waals surface area contributed by atoms with E-state index >= 15 is 0 Å². The van der Waals surface area contributed by atoms with Crippen molar-refractivity contribution in [1.29, 1.82) is 0 Å². The van der Waals surface area contributed by atoms with Crippen molar-refractivity contribution in [2.45, 2.75) is 50.3 Å². The van der Waals surface area contributed by atoms with E-state index in [4.69, 9.17) is 0 Å². The fourth-order valence-corrected chi connectivity index (χ4v) is 6.73. The third-order valence-corrected chi connectivity index (χ3v) is 8.46. The summed E-state index contributed by atoms with van der Waals surface area (Å²) in [6.07, 6.45) is 5.52. The number of fused-ring (bicyclic) bond motifs is 1. The van der Waals surface area contributed by atoms with E-state index in [2.05, 4.69) is 16.8 Å². The fourth-order valence-electron chi connectivity index (χ4n) is 3.66. The van der Waals surface area contributed by atoms with E-state index in [9.17, 15) is 8.42 Å². The van der Waals surface area contributed by atoms with Crippen molar-refractivity contribution in [2.24, 2.45) is 0 Å². The van der Waals surface area contributed by atoms with Crippen LogP contribution in [0.4, 0.5) is 0 Å². The number of hydrogen-bond donors (Lipinski definition) is 0. The van der Waals surface area contributed by atoms with Crippen LogP contribution in [0.2, 0.25) is 0 Å². The maximum atomic E-state index is 13.0. The Morgan fingerprint density at radius 3 is 2.62 bits per heavy atom. The predicted octanol–water partition coefficient (Wildman–Crippen LogP) is 3.56. The molecule has 4 nitrogen and oxygen atoms in total. The van der Waals surface area contributed by atoms with Gasteiger partial charge in [0.1, 0.15) is 0 Å². The second kappa shape index (κ2) is 7.51. The van der Waals surface area contributed by atoms with Crippen molar-refractivity contribution in [1.82, 2.24) is 9.29 Å². The fraction of sp³-hybridized carbons (Fsp3) is 0.450. The van der Waals surface area contributed by atoms with Gasteiger partial charge in [-0.2, -0.15) is 4.31 Å². The standard InChI is InChI=1S/C20H22N2O2S2/c23-26(24,17-9-5-2-6-10-17)22-14-13-18-19(15-22)25-20(21-18)12-11-16-7-3-1-4-8-16/h1,3-4,7-8,17H,2,5-6,9-10,13-15H2. The maximum Gasteiger partial charge on any atom is 0.217 e. The zero-order valence-electron chi connectivity index (χ0n) is 14.6. The Labute approximate surface area is 159 Å². The van der Waals surface area contributed by atoms with Crippen LogP contribution in [0, 0.1) is 11.8 Å². The first-order chi connectivity index (χ1) is 12.6. The monoisotopic (exact) mass is 386 g/mol. The molecule has 0 N–H and O–H groups in total. The summed E-state index contributed by atoms with van der Waals surface area (Å²) >= 11 is 1.53. The van der Waals surface area contributed by atoms with Gasteiger partial charge in [0.2, 0.25) is 10.0 Å². The van der Waals surface area contributed by atoms with Crippen LogP contribution in [0.5, 0.6) is 0 Å². The molecule has 1 aliphatic heterocycles. The molecule has 2 heterocycles. The Hall–Kier alpha value is -1.68. The van der Waals surface area contributed by atoms with Gasteiger partial charge in [-0.05, 0) is 30.9 Å². The van der Waals surface area contributed by atoms with Crippen molar-refractivity contribution in [3.05, 3.63) is 51.5 Å². The minimum Gasteiger partial charge on any atom is -0.232 e. The number of rotatable bonds is 2. The van der Waals surface area contributed by atoms with Gasteiger partial charge in [0, 0.05) is 30.0 Å². The van der Waals surface area contributed by atoms with E-state index in [1.807, 2.05) is 30.3 Å². The number of sulfonamides is 1. The Balaban J connectivity index is 1.51. The van der Waals surface area contributed by atoms with Crippen LogP contribution in [-0.4, -0.2) is 29.5 Å². The Morgan fingerprint density at radius 2 is 1.85 bits per heavy atom. The van der Waals surface area contributed by atoms with Gasteiger partial charge in [0.25, 0.3) is 0 Å². The van der Waals surface area contributed by atoms with Gasteiger partial charge in [-0.15, -0.1) is 11.3 Å². The largest absolute Gasteiger partial charge is 0.232 e. The molecule has 1 aromatic carbocycles. The maximum absolute atomic E-state index is 13.0. The molecule has 4 rings (SSSR count). The van der Waals surface area contributed by atoms with Gasteiger partial charge >= 0.3 is 0 Å². The SMILES string of the molecule is O=S(=O)(C1CCCCC1)N1CCc2nc(C#Cc3ccccc3)sc2C1. The summed E-state index contributed by atoms with van der Waals surface area (Å²) in [5, 5.41) is 0.582. The molecule has 1 aromatic heterocycles. The van der Waals surface area contributed by atoms with Crippen molar-refractivity contribution >= 4 is 21.4 Å². The number of nitrogens with zero attached hydrogens (tertiary/aromatic N) is 2. The van der Waals surface area contributed by atoms with Crippen molar-refractivity contribution in [3.8, 4) is 11.8 Å². The summed E-state index contributed by atoms with van der Waals surface area (Å²) < 4.78 is 27.6. The van der Waals surface area contributed by atoms with Gasteiger partial charge in [0.05, 0.1) is 10.9 Å². The molecule has 2 aromatic rings. The molecular weight excluding hydrogens is 364 g/mol. The number of aromatic nitrogens is 1. The third-order valence-electron chi connectivity index (χ3n) is 5.12. The summed E-state index contributed by atoms with van der Waals surface area (Å²) in [5.41, 5.74) is 1.98. The highest BCUT2D eigenvalue weighted by molar-refractivity contribution is 7.89. The van der Waals surface area contributed by atoms with E-state index in [0.717, 1.165) is 53.2 Å². The molecule has 0 amide bonds. The van der Waals surface area contributed by atoms with E-state index in [1.54, 1.807) is 4.31 Å². The summed E-state index contributed by atoms with van der Waals surface area (Å²) in [7, 11) is -3.20. The van der Waals surface area contributed by atoms with Crippen molar-refractivity contribution < 1.29 is 8.42 Å². The van der Waals surface area contributed by atoms with Crippen molar-refractivity contribution in [2.75, 3.05) is 6.54 Å². The Morgan fingerprint density at radius 1 is 1.08 bits per heavy atom. The lowest BCUT2D eigenvalue weighted by Crippen LogP contribution is -2.42. The first kappa shape index (κ1) is 17.7. The topological polar surface area (TPSA) is 50.3 Å². The molecule has 136 valence electrons. The lowest BCUT2D eigenvalue weighted by Gasteiger charge is -2.31. The highest BCUT2D eigenvalue weighted by Crippen LogP contribution is 2.31. The molecular formula is C20H22N2O2S2. The minimum atomic E-state index is -3.20. The van der Waals surface area contributed by atoms with E-state index in [0.29, 0.717) is 19.5 Å². The summed E-state index contributed by atoms with van der Waals surface area (Å²) in [5.74, 6) is 6.25. The molecule has 0 radical (unpaired) electrons. The molecule has 0 bridgehead atoms. The van der Waals surface area contributed by atoms with Gasteiger partial charge in [-0.1, -0.05) is 43.4 Å². The van der Waals surface area contributed by atoms with Gasteiger partial charge in [0.15, 0.2) is 5.01 Å².